The Labute approximate surface area is 128 Å². The Morgan fingerprint density at radius 1 is 1.00 bits per heavy atom. The second-order valence-corrected chi connectivity index (χ2v) is 12.3. The maximum absolute atomic E-state index is 9.87. The number of carboxylic acids is 1. The van der Waals surface area contributed by atoms with Gasteiger partial charge in [-0.05, 0) is 6.92 Å². The zero-order valence-corrected chi connectivity index (χ0v) is 15.9. The maximum atomic E-state index is 9.87. The van der Waals surface area contributed by atoms with E-state index in [0.717, 1.165) is 0 Å². The zero-order chi connectivity index (χ0) is 16.2. The third kappa shape index (κ3) is 10.7. The van der Waals surface area contributed by atoms with Gasteiger partial charge in [0.05, 0.1) is 0 Å². The number of rotatable bonds is 9. The molecule has 0 fully saturated rings. The van der Waals surface area contributed by atoms with E-state index in [0.29, 0.717) is 23.4 Å². The predicted octanol–water partition coefficient (Wildman–Crippen LogP) is 2.87. The van der Waals surface area contributed by atoms with E-state index in [1.54, 1.807) is 0 Å². The van der Waals surface area contributed by atoms with Crippen molar-refractivity contribution >= 4 is 11.8 Å². The van der Waals surface area contributed by atoms with Crippen molar-refractivity contribution < 1.29 is 44.7 Å². The summed E-state index contributed by atoms with van der Waals surface area (Å²) in [6.45, 7) is 13.5. The topological polar surface area (TPSA) is 82.1 Å². The standard InChI is InChI=1S/C4H6O3.C3H7.3C2H5O.Zr/c1-3(5)2-4(6)7;1-3-2;3*1-2-3;/h2H2,1H3,(H,6,7);3H,1-2H3;3*2H2,1H3;/q;;3*-1;+3. The van der Waals surface area contributed by atoms with Crippen LogP contribution in [0.5, 0.6) is 0 Å². The monoisotopic (exact) mass is 370 g/mol. The van der Waals surface area contributed by atoms with Crippen LogP contribution in [0.25, 0.3) is 0 Å². The van der Waals surface area contributed by atoms with Gasteiger partial charge in [0.2, 0.25) is 0 Å². The Balaban J connectivity index is 0. The second kappa shape index (κ2) is 12.6. The first-order valence-corrected chi connectivity index (χ1v) is 11.3. The minimum atomic E-state index is -3.15. The van der Waals surface area contributed by atoms with Gasteiger partial charge in [-0.15, -0.1) is 0 Å². The fourth-order valence-electron chi connectivity index (χ4n) is 1.44. The molecule has 120 valence electrons. The van der Waals surface area contributed by atoms with Gasteiger partial charge in [-0.1, -0.05) is 0 Å². The van der Waals surface area contributed by atoms with Gasteiger partial charge in [-0.25, -0.2) is 0 Å². The molecule has 0 saturated carbocycles. The molecule has 0 aliphatic rings. The first-order valence-electron chi connectivity index (χ1n) is 6.88. The van der Waals surface area contributed by atoms with E-state index < -0.39 is 27.6 Å². The Hall–Kier alpha value is -0.0969. The summed E-state index contributed by atoms with van der Waals surface area (Å²) in [7, 11) is 0. The van der Waals surface area contributed by atoms with E-state index in [9.17, 15) is 9.59 Å². The molecule has 1 N–H and O–H groups in total. The van der Waals surface area contributed by atoms with Gasteiger partial charge < -0.3 is 5.11 Å². The predicted molar refractivity (Wildman–Crippen MR) is 72.9 cm³/mol. The van der Waals surface area contributed by atoms with E-state index in [1.807, 2.05) is 20.8 Å². The van der Waals surface area contributed by atoms with Crippen LogP contribution in [-0.2, 0) is 39.6 Å². The molecule has 0 unspecified atom stereocenters. The summed E-state index contributed by atoms with van der Waals surface area (Å²) in [4.78, 5) is 19.5. The molecule has 0 atom stereocenters. The first kappa shape index (κ1) is 22.2. The fourth-order valence-corrected chi connectivity index (χ4v) is 7.48. The van der Waals surface area contributed by atoms with Crippen molar-refractivity contribution in [1.82, 2.24) is 0 Å². The van der Waals surface area contributed by atoms with Crippen molar-refractivity contribution in [2.75, 3.05) is 19.8 Å². The van der Waals surface area contributed by atoms with Crippen molar-refractivity contribution in [3.8, 4) is 0 Å². The molecule has 0 spiro atoms. The SMILES string of the molecule is CC(=O)CC(=O)O.CC[O][Zr]([O]CC)([O]CC)[CH](C)C. The van der Waals surface area contributed by atoms with Crippen molar-refractivity contribution in [2.45, 2.75) is 51.6 Å². The number of hydrogen-bond acceptors (Lipinski definition) is 5. The molecule has 0 saturated heterocycles. The molecule has 0 aromatic carbocycles. The average molecular weight is 372 g/mol. The molecule has 0 aromatic heterocycles. The number of carboxylic acid groups (broad SMARTS) is 1. The van der Waals surface area contributed by atoms with Crippen LogP contribution < -0.4 is 0 Å². The number of hydrogen-bond donors (Lipinski definition) is 1. The molecule has 0 aliphatic heterocycles. The normalized spacial score (nSPS) is 10.9. The van der Waals surface area contributed by atoms with Crippen LogP contribution in [0, 0.1) is 0 Å². The van der Waals surface area contributed by atoms with E-state index in [4.69, 9.17) is 13.5 Å². The van der Waals surface area contributed by atoms with E-state index >= 15 is 0 Å². The van der Waals surface area contributed by atoms with Crippen molar-refractivity contribution in [3.05, 3.63) is 0 Å². The molecule has 0 aromatic rings. The van der Waals surface area contributed by atoms with Gasteiger partial charge in [0.1, 0.15) is 12.2 Å². The van der Waals surface area contributed by atoms with Crippen LogP contribution in [0.4, 0.5) is 0 Å². The van der Waals surface area contributed by atoms with E-state index in [2.05, 4.69) is 13.8 Å². The van der Waals surface area contributed by atoms with Crippen LogP contribution in [0.1, 0.15) is 48.0 Å². The van der Waals surface area contributed by atoms with Crippen LogP contribution in [-0.4, -0.2) is 36.7 Å². The van der Waals surface area contributed by atoms with Crippen molar-refractivity contribution in [2.24, 2.45) is 0 Å². The second-order valence-electron chi connectivity index (χ2n) is 4.33. The Kier molecular flexibility index (Phi) is 14.0. The summed E-state index contributed by atoms with van der Waals surface area (Å²) in [5.41, 5.74) is 0. The summed E-state index contributed by atoms with van der Waals surface area (Å²) in [5, 5.41) is 7.86. The third-order valence-corrected chi connectivity index (χ3v) is 10.7. The molecule has 20 heavy (non-hydrogen) atoms. The van der Waals surface area contributed by atoms with Crippen LogP contribution in [0.15, 0.2) is 0 Å². The molecule has 0 rings (SSSR count). The first-order chi connectivity index (χ1) is 9.25. The van der Waals surface area contributed by atoms with Crippen molar-refractivity contribution in [1.29, 1.82) is 0 Å². The Morgan fingerprint density at radius 3 is 1.45 bits per heavy atom. The molecule has 0 heterocycles. The number of carbonyl (C=O) groups excluding carboxylic acids is 1. The molecule has 7 heteroatoms. The number of carbonyl (C=O) groups is 2. The molecule has 0 bridgehead atoms. The van der Waals surface area contributed by atoms with Gasteiger partial charge >= 0.3 is 94.1 Å². The van der Waals surface area contributed by atoms with Crippen LogP contribution in [0.2, 0.25) is 3.63 Å². The Morgan fingerprint density at radius 2 is 1.35 bits per heavy atom. The van der Waals surface area contributed by atoms with Crippen LogP contribution >= 0.6 is 0 Å². The summed E-state index contributed by atoms with van der Waals surface area (Å²) in [5.74, 6) is -1.37. The average Bonchev–Trinajstić information content (AvgIpc) is 2.28. The molecule has 0 radical (unpaired) electrons. The Bertz CT molecular complexity index is 251. The van der Waals surface area contributed by atoms with E-state index in [-0.39, 0.29) is 12.2 Å². The quantitative estimate of drug-likeness (QED) is 0.628. The van der Waals surface area contributed by atoms with Gasteiger partial charge in [0.25, 0.3) is 0 Å². The number of ketones is 1. The fraction of sp³-hybridized carbons (Fsp3) is 0.846. The summed E-state index contributed by atoms with van der Waals surface area (Å²) in [6, 6.07) is 0. The number of aliphatic carboxylic acids is 1. The molecule has 0 amide bonds. The van der Waals surface area contributed by atoms with Gasteiger partial charge in [-0.2, -0.15) is 0 Å². The van der Waals surface area contributed by atoms with Gasteiger partial charge in [0.15, 0.2) is 0 Å². The molecule has 0 aliphatic carbocycles. The van der Waals surface area contributed by atoms with Gasteiger partial charge in [0, 0.05) is 0 Å². The third-order valence-electron chi connectivity index (χ3n) is 2.14. The zero-order valence-electron chi connectivity index (χ0n) is 13.4. The minimum absolute atomic E-state index is 0.312. The summed E-state index contributed by atoms with van der Waals surface area (Å²) >= 11 is -3.15. The summed E-state index contributed by atoms with van der Waals surface area (Å²) < 4.78 is 17.6. The van der Waals surface area contributed by atoms with E-state index in [1.165, 1.54) is 6.92 Å². The molecular formula is C13H28O6Zr. The molecular weight excluding hydrogens is 343 g/mol. The molecule has 6 nitrogen and oxygen atoms in total. The van der Waals surface area contributed by atoms with Gasteiger partial charge in [-0.3, -0.25) is 9.59 Å². The summed E-state index contributed by atoms with van der Waals surface area (Å²) in [6.07, 6.45) is -0.361. The van der Waals surface area contributed by atoms with Crippen LogP contribution in [0.3, 0.4) is 0 Å². The number of Topliss-reactive ketones (excluding diaryl/α,β-unsaturated/α-hetero) is 1. The van der Waals surface area contributed by atoms with Crippen molar-refractivity contribution in [3.63, 3.8) is 0 Å².